The lowest BCUT2D eigenvalue weighted by atomic mass is 10.1. The Bertz CT molecular complexity index is 921. The van der Waals surface area contributed by atoms with Gasteiger partial charge in [0, 0.05) is 43.2 Å². The minimum absolute atomic E-state index is 0.0591. The van der Waals surface area contributed by atoms with Crippen LogP contribution in [-0.2, 0) is 11.2 Å². The SMILES string of the molecule is O=C1Cc2cc(NC(O)C(O)N3CCN(c4ccc(Cl)c(F)c4)CC3)ccc2N1. The van der Waals surface area contributed by atoms with E-state index in [-0.39, 0.29) is 10.9 Å². The second kappa shape index (κ2) is 8.16. The van der Waals surface area contributed by atoms with Gasteiger partial charge in [0.15, 0.2) is 12.5 Å². The smallest absolute Gasteiger partial charge is 0.228 e. The molecule has 29 heavy (non-hydrogen) atoms. The van der Waals surface area contributed by atoms with Crippen LogP contribution in [0.1, 0.15) is 5.56 Å². The molecule has 2 heterocycles. The zero-order valence-electron chi connectivity index (χ0n) is 15.6. The maximum atomic E-state index is 13.7. The molecule has 0 radical (unpaired) electrons. The van der Waals surface area contributed by atoms with Crippen LogP contribution in [0.4, 0.5) is 21.5 Å². The zero-order valence-corrected chi connectivity index (χ0v) is 16.4. The first kappa shape index (κ1) is 19.9. The molecule has 2 aliphatic rings. The van der Waals surface area contributed by atoms with Crippen molar-refractivity contribution in [2.45, 2.75) is 18.9 Å². The van der Waals surface area contributed by atoms with Crippen LogP contribution in [0.2, 0.25) is 5.02 Å². The third kappa shape index (κ3) is 4.30. The summed E-state index contributed by atoms with van der Waals surface area (Å²) >= 11 is 5.73. The molecule has 1 amide bonds. The topological polar surface area (TPSA) is 88.1 Å². The number of amides is 1. The number of aliphatic hydroxyl groups is 2. The van der Waals surface area contributed by atoms with Crippen LogP contribution in [0.3, 0.4) is 0 Å². The second-order valence-corrected chi connectivity index (χ2v) is 7.63. The van der Waals surface area contributed by atoms with E-state index in [0.717, 1.165) is 16.9 Å². The molecule has 1 saturated heterocycles. The summed E-state index contributed by atoms with van der Waals surface area (Å²) in [6.45, 7) is 2.18. The van der Waals surface area contributed by atoms with Crippen LogP contribution >= 0.6 is 11.6 Å². The highest BCUT2D eigenvalue weighted by molar-refractivity contribution is 6.30. The van der Waals surface area contributed by atoms with Crippen LogP contribution in [0.15, 0.2) is 36.4 Å². The molecule has 0 bridgehead atoms. The predicted molar refractivity (Wildman–Crippen MR) is 110 cm³/mol. The molecular formula is C20H22ClFN4O3. The van der Waals surface area contributed by atoms with Gasteiger partial charge in [-0.15, -0.1) is 0 Å². The molecule has 1 fully saturated rings. The largest absolute Gasteiger partial charge is 0.374 e. The van der Waals surface area contributed by atoms with Gasteiger partial charge in [0.1, 0.15) is 5.82 Å². The zero-order chi connectivity index (χ0) is 20.5. The summed E-state index contributed by atoms with van der Waals surface area (Å²) in [5.74, 6) is -0.520. The normalized spacial score (nSPS) is 18.9. The number of fused-ring (bicyclic) bond motifs is 1. The number of nitrogens with zero attached hydrogens (tertiary/aromatic N) is 2. The van der Waals surface area contributed by atoms with E-state index in [1.807, 2.05) is 4.90 Å². The van der Waals surface area contributed by atoms with Crippen molar-refractivity contribution in [2.24, 2.45) is 0 Å². The lowest BCUT2D eigenvalue weighted by Crippen LogP contribution is -2.55. The average molecular weight is 421 g/mol. The highest BCUT2D eigenvalue weighted by Crippen LogP contribution is 2.27. The molecule has 2 unspecified atom stereocenters. The predicted octanol–water partition coefficient (Wildman–Crippen LogP) is 1.84. The number of carbonyl (C=O) groups is 1. The van der Waals surface area contributed by atoms with Crippen LogP contribution < -0.4 is 15.5 Å². The highest BCUT2D eigenvalue weighted by Gasteiger charge is 2.28. The van der Waals surface area contributed by atoms with Gasteiger partial charge in [0.25, 0.3) is 0 Å². The number of carbonyl (C=O) groups excluding carboxylic acids is 1. The molecule has 7 nitrogen and oxygen atoms in total. The molecule has 0 spiro atoms. The van der Waals surface area contributed by atoms with Crippen LogP contribution in [0, 0.1) is 5.82 Å². The van der Waals surface area contributed by atoms with Gasteiger partial charge in [0.05, 0.1) is 11.4 Å². The van der Waals surface area contributed by atoms with Gasteiger partial charge in [-0.25, -0.2) is 4.39 Å². The van der Waals surface area contributed by atoms with E-state index in [4.69, 9.17) is 11.6 Å². The van der Waals surface area contributed by atoms with Crippen molar-refractivity contribution in [3.63, 3.8) is 0 Å². The van der Waals surface area contributed by atoms with Crippen LogP contribution in [0.25, 0.3) is 0 Å². The Morgan fingerprint density at radius 1 is 1.10 bits per heavy atom. The average Bonchev–Trinajstić information content (AvgIpc) is 3.09. The molecule has 0 aromatic heterocycles. The minimum Gasteiger partial charge on any atom is -0.374 e. The van der Waals surface area contributed by atoms with E-state index in [2.05, 4.69) is 10.6 Å². The van der Waals surface area contributed by atoms with Crippen molar-refractivity contribution in [2.75, 3.05) is 41.7 Å². The summed E-state index contributed by atoms with van der Waals surface area (Å²) in [5, 5.41) is 26.7. The number of anilines is 3. The Labute approximate surface area is 172 Å². The summed E-state index contributed by atoms with van der Waals surface area (Å²) in [6.07, 6.45) is -2.00. The molecule has 2 aromatic carbocycles. The van der Waals surface area contributed by atoms with E-state index in [1.165, 1.54) is 12.1 Å². The summed E-state index contributed by atoms with van der Waals surface area (Å²) in [7, 11) is 0. The van der Waals surface area contributed by atoms with Gasteiger partial charge < -0.3 is 25.7 Å². The Hall–Kier alpha value is -2.39. The molecule has 2 aromatic rings. The summed E-state index contributed by atoms with van der Waals surface area (Å²) in [5.41, 5.74) is 2.99. The van der Waals surface area contributed by atoms with Crippen LogP contribution in [0.5, 0.6) is 0 Å². The Morgan fingerprint density at radius 3 is 2.59 bits per heavy atom. The summed E-state index contributed by atoms with van der Waals surface area (Å²) in [4.78, 5) is 15.2. The van der Waals surface area contributed by atoms with E-state index in [0.29, 0.717) is 38.3 Å². The molecule has 0 aliphatic carbocycles. The Kier molecular flexibility index (Phi) is 5.60. The van der Waals surface area contributed by atoms with Gasteiger partial charge >= 0.3 is 0 Å². The number of rotatable bonds is 5. The van der Waals surface area contributed by atoms with Crippen molar-refractivity contribution < 1.29 is 19.4 Å². The number of nitrogens with one attached hydrogen (secondary N) is 2. The summed E-state index contributed by atoms with van der Waals surface area (Å²) < 4.78 is 13.7. The third-order valence-corrected chi connectivity index (χ3v) is 5.59. The van der Waals surface area contributed by atoms with Crippen molar-refractivity contribution >= 4 is 34.6 Å². The van der Waals surface area contributed by atoms with Gasteiger partial charge in [-0.05, 0) is 42.0 Å². The number of hydrogen-bond acceptors (Lipinski definition) is 6. The van der Waals surface area contributed by atoms with Crippen LogP contribution in [-0.4, -0.2) is 59.7 Å². The lowest BCUT2D eigenvalue weighted by Gasteiger charge is -2.39. The quantitative estimate of drug-likeness (QED) is 0.552. The number of halogens is 2. The molecule has 2 aliphatic heterocycles. The second-order valence-electron chi connectivity index (χ2n) is 7.22. The maximum Gasteiger partial charge on any atom is 0.228 e. The third-order valence-electron chi connectivity index (χ3n) is 5.28. The number of aliphatic hydroxyl groups excluding tert-OH is 2. The molecule has 154 valence electrons. The van der Waals surface area contributed by atoms with Crippen molar-refractivity contribution in [1.29, 1.82) is 0 Å². The van der Waals surface area contributed by atoms with E-state index < -0.39 is 18.3 Å². The lowest BCUT2D eigenvalue weighted by molar-refractivity contribution is -0.115. The van der Waals surface area contributed by atoms with E-state index in [9.17, 15) is 19.4 Å². The first-order valence-electron chi connectivity index (χ1n) is 9.40. The first-order chi connectivity index (χ1) is 13.9. The highest BCUT2D eigenvalue weighted by atomic mass is 35.5. The van der Waals surface area contributed by atoms with E-state index >= 15 is 0 Å². The molecule has 9 heteroatoms. The van der Waals surface area contributed by atoms with Gasteiger partial charge in [-0.1, -0.05) is 11.6 Å². The fraction of sp³-hybridized carbons (Fsp3) is 0.350. The molecule has 4 N–H and O–H groups in total. The maximum absolute atomic E-state index is 13.7. The van der Waals surface area contributed by atoms with Gasteiger partial charge in [-0.3, -0.25) is 9.69 Å². The minimum atomic E-state index is -1.20. The number of hydrogen-bond donors (Lipinski definition) is 4. The molecule has 0 saturated carbocycles. The van der Waals surface area contributed by atoms with Gasteiger partial charge in [-0.2, -0.15) is 0 Å². The molecular weight excluding hydrogens is 399 g/mol. The monoisotopic (exact) mass is 420 g/mol. The Morgan fingerprint density at radius 2 is 1.86 bits per heavy atom. The fourth-order valence-corrected chi connectivity index (χ4v) is 3.81. The van der Waals surface area contributed by atoms with Gasteiger partial charge in [0.2, 0.25) is 5.91 Å². The Balaban J connectivity index is 1.33. The number of piperazine rings is 1. The fourth-order valence-electron chi connectivity index (χ4n) is 3.69. The molecule has 4 rings (SSSR count). The standard InChI is InChI=1S/C20H22ClFN4O3/c21-15-3-2-14(11-16(15)22)25-5-7-26(8-6-25)20(29)19(28)23-13-1-4-17-12(9-13)10-18(27)24-17/h1-4,9,11,19-20,23,28-29H,5-8,10H2,(H,24,27). The van der Waals surface area contributed by atoms with Crippen molar-refractivity contribution in [3.05, 3.63) is 52.8 Å². The van der Waals surface area contributed by atoms with E-state index in [1.54, 1.807) is 29.2 Å². The summed E-state index contributed by atoms with van der Waals surface area (Å²) in [6, 6.07) is 10.00. The molecule has 2 atom stereocenters. The van der Waals surface area contributed by atoms with Crippen molar-refractivity contribution in [3.8, 4) is 0 Å². The van der Waals surface area contributed by atoms with Crippen molar-refractivity contribution in [1.82, 2.24) is 4.90 Å². The number of benzene rings is 2. The first-order valence-corrected chi connectivity index (χ1v) is 9.78.